The van der Waals surface area contributed by atoms with E-state index in [1.165, 1.54) is 0 Å². The number of aliphatic hydroxyl groups excluding tert-OH is 4. The van der Waals surface area contributed by atoms with Gasteiger partial charge in [-0.05, 0) is 18.2 Å². The third-order valence-electron chi connectivity index (χ3n) is 2.99. The Kier molecular flexibility index (Phi) is 4.45. The molecule has 9 heteroatoms. The number of aliphatic hydroxyl groups is 4. The summed E-state index contributed by atoms with van der Waals surface area (Å²) in [7, 11) is 0. The fourth-order valence-electron chi connectivity index (χ4n) is 1.82. The summed E-state index contributed by atoms with van der Waals surface area (Å²) in [6.07, 6.45) is -7.95. The van der Waals surface area contributed by atoms with E-state index in [4.69, 9.17) is 21.8 Å². The molecular weight excluding hydrogens is 304 g/mol. The lowest BCUT2D eigenvalue weighted by Gasteiger charge is -2.23. The van der Waals surface area contributed by atoms with Crippen molar-refractivity contribution >= 4 is 28.6 Å². The van der Waals surface area contributed by atoms with Crippen LogP contribution in [-0.4, -0.2) is 59.8 Å². The van der Waals surface area contributed by atoms with Crippen LogP contribution < -0.4 is 0 Å². The van der Waals surface area contributed by atoms with Gasteiger partial charge >= 0.3 is 5.97 Å². The Balaban J connectivity index is 2.24. The number of halogens is 1. The highest BCUT2D eigenvalue weighted by Crippen LogP contribution is 2.23. The summed E-state index contributed by atoms with van der Waals surface area (Å²) in [6.45, 7) is 0. The van der Waals surface area contributed by atoms with Gasteiger partial charge in [0.15, 0.2) is 6.10 Å². The van der Waals surface area contributed by atoms with Crippen LogP contribution in [0.4, 0.5) is 0 Å². The zero-order valence-electron chi connectivity index (χ0n) is 10.5. The lowest BCUT2D eigenvalue weighted by Crippen LogP contribution is -2.45. The van der Waals surface area contributed by atoms with Crippen LogP contribution in [0.5, 0.6) is 0 Å². The molecule has 0 aliphatic rings. The molecule has 0 saturated heterocycles. The highest BCUT2D eigenvalue weighted by molar-refractivity contribution is 6.31. The molecule has 1 aromatic carbocycles. The molecule has 0 radical (unpaired) electrons. The molecule has 0 aliphatic carbocycles. The first-order valence-electron chi connectivity index (χ1n) is 5.91. The first-order valence-corrected chi connectivity index (χ1v) is 6.29. The number of rotatable bonds is 5. The minimum absolute atomic E-state index is 0.0867. The van der Waals surface area contributed by atoms with E-state index in [1.54, 1.807) is 18.2 Å². The molecule has 4 atom stereocenters. The van der Waals surface area contributed by atoms with E-state index in [2.05, 4.69) is 9.97 Å². The second kappa shape index (κ2) is 5.96. The zero-order chi connectivity index (χ0) is 15.7. The van der Waals surface area contributed by atoms with Crippen LogP contribution in [-0.2, 0) is 4.79 Å². The lowest BCUT2D eigenvalue weighted by molar-refractivity contribution is -0.163. The van der Waals surface area contributed by atoms with Gasteiger partial charge in [-0.1, -0.05) is 11.6 Å². The summed E-state index contributed by atoms with van der Waals surface area (Å²) < 4.78 is 0. The number of fused-ring (bicyclic) bond motifs is 1. The molecule has 0 aliphatic heterocycles. The van der Waals surface area contributed by atoms with Crippen molar-refractivity contribution in [1.29, 1.82) is 0 Å². The van der Waals surface area contributed by atoms with Crippen molar-refractivity contribution < 1.29 is 30.3 Å². The van der Waals surface area contributed by atoms with Gasteiger partial charge in [0.05, 0.1) is 11.0 Å². The van der Waals surface area contributed by atoms with Gasteiger partial charge in [-0.2, -0.15) is 0 Å². The number of imidazole rings is 1. The smallest absolute Gasteiger partial charge is 0.335 e. The van der Waals surface area contributed by atoms with Gasteiger partial charge in [0.2, 0.25) is 0 Å². The van der Waals surface area contributed by atoms with E-state index in [0.29, 0.717) is 16.1 Å². The van der Waals surface area contributed by atoms with E-state index in [-0.39, 0.29) is 5.82 Å². The molecule has 6 N–H and O–H groups in total. The quantitative estimate of drug-likeness (QED) is 0.432. The molecule has 1 aromatic heterocycles. The second-order valence-electron chi connectivity index (χ2n) is 4.49. The summed E-state index contributed by atoms with van der Waals surface area (Å²) in [4.78, 5) is 17.2. The van der Waals surface area contributed by atoms with Crippen molar-refractivity contribution in [2.75, 3.05) is 0 Å². The molecule has 21 heavy (non-hydrogen) atoms. The monoisotopic (exact) mass is 316 g/mol. The van der Waals surface area contributed by atoms with Crippen LogP contribution in [0.15, 0.2) is 18.2 Å². The standard InChI is InChI=1S/C12H13ClN2O6/c13-4-1-2-5-6(3-4)15-11(14-5)9(18)7(16)8(17)10(19)12(20)21/h1-3,7-10,16-19H,(H,14,15)(H,20,21)/t7-,8-,9?,10?/m0/s1. The minimum atomic E-state index is -2.23. The summed E-state index contributed by atoms with van der Waals surface area (Å²) in [5.74, 6) is -1.80. The molecule has 0 bridgehead atoms. The Bertz CT molecular complexity index is 660. The van der Waals surface area contributed by atoms with E-state index in [9.17, 15) is 20.1 Å². The summed E-state index contributed by atoms with van der Waals surface area (Å²) >= 11 is 5.80. The van der Waals surface area contributed by atoms with Crippen LogP contribution in [0.1, 0.15) is 11.9 Å². The third kappa shape index (κ3) is 3.14. The number of hydrogen-bond acceptors (Lipinski definition) is 6. The Hall–Kier alpha value is -1.71. The number of H-pyrrole nitrogens is 1. The number of aliphatic carboxylic acids is 1. The number of carbonyl (C=O) groups is 1. The Morgan fingerprint density at radius 1 is 1.19 bits per heavy atom. The maximum absolute atomic E-state index is 10.5. The van der Waals surface area contributed by atoms with Crippen LogP contribution in [0.25, 0.3) is 11.0 Å². The average molecular weight is 317 g/mol. The molecule has 0 fully saturated rings. The van der Waals surface area contributed by atoms with Crippen molar-refractivity contribution in [3.05, 3.63) is 29.0 Å². The van der Waals surface area contributed by atoms with Gasteiger partial charge in [0.25, 0.3) is 0 Å². The number of aromatic amines is 1. The van der Waals surface area contributed by atoms with E-state index >= 15 is 0 Å². The fourth-order valence-corrected chi connectivity index (χ4v) is 2.00. The van der Waals surface area contributed by atoms with Crippen molar-refractivity contribution in [2.45, 2.75) is 24.4 Å². The highest BCUT2D eigenvalue weighted by atomic mass is 35.5. The number of carboxylic acid groups (broad SMARTS) is 1. The van der Waals surface area contributed by atoms with E-state index < -0.39 is 30.4 Å². The topological polar surface area (TPSA) is 147 Å². The lowest BCUT2D eigenvalue weighted by atomic mass is 10.0. The number of carboxylic acids is 1. The third-order valence-corrected chi connectivity index (χ3v) is 3.23. The normalized spacial score (nSPS) is 17.4. The van der Waals surface area contributed by atoms with E-state index in [0.717, 1.165) is 0 Å². The van der Waals surface area contributed by atoms with Crippen LogP contribution >= 0.6 is 11.6 Å². The average Bonchev–Trinajstić information content (AvgIpc) is 2.86. The number of hydrogen-bond donors (Lipinski definition) is 6. The predicted octanol–water partition coefficient (Wildman–Crippen LogP) is -0.583. The predicted molar refractivity (Wildman–Crippen MR) is 71.7 cm³/mol. The van der Waals surface area contributed by atoms with Crippen molar-refractivity contribution in [1.82, 2.24) is 9.97 Å². The van der Waals surface area contributed by atoms with Crippen LogP contribution in [0.2, 0.25) is 5.02 Å². The second-order valence-corrected chi connectivity index (χ2v) is 4.93. The van der Waals surface area contributed by atoms with E-state index in [1.807, 2.05) is 0 Å². The molecule has 8 nitrogen and oxygen atoms in total. The molecule has 1 heterocycles. The van der Waals surface area contributed by atoms with Crippen LogP contribution in [0.3, 0.4) is 0 Å². The van der Waals surface area contributed by atoms with Crippen molar-refractivity contribution in [3.63, 3.8) is 0 Å². The number of nitrogens with one attached hydrogen (secondary N) is 1. The number of aromatic nitrogens is 2. The highest BCUT2D eigenvalue weighted by Gasteiger charge is 2.36. The van der Waals surface area contributed by atoms with Gasteiger partial charge < -0.3 is 30.5 Å². The summed E-state index contributed by atoms with van der Waals surface area (Å²) in [5.41, 5.74) is 0.964. The molecular formula is C12H13ClN2O6. The molecule has 114 valence electrons. The fraction of sp³-hybridized carbons (Fsp3) is 0.333. The van der Waals surface area contributed by atoms with Gasteiger partial charge in [-0.15, -0.1) is 0 Å². The van der Waals surface area contributed by atoms with Gasteiger partial charge in [-0.25, -0.2) is 9.78 Å². The molecule has 0 spiro atoms. The summed E-state index contributed by atoms with van der Waals surface area (Å²) in [6, 6.07) is 4.72. The molecule has 2 aromatic rings. The maximum Gasteiger partial charge on any atom is 0.335 e. The largest absolute Gasteiger partial charge is 0.479 e. The van der Waals surface area contributed by atoms with Crippen molar-refractivity contribution in [2.24, 2.45) is 0 Å². The first-order chi connectivity index (χ1) is 9.81. The first kappa shape index (κ1) is 15.7. The molecule has 0 saturated carbocycles. The molecule has 0 amide bonds. The van der Waals surface area contributed by atoms with Crippen molar-refractivity contribution in [3.8, 4) is 0 Å². The number of nitrogens with zero attached hydrogens (tertiary/aromatic N) is 1. The Labute approximate surface area is 123 Å². The maximum atomic E-state index is 10.5. The SMILES string of the molecule is O=C(O)C(O)[C@@H](O)[C@H](O)C(O)c1nc2ccc(Cl)cc2[nH]1. The summed E-state index contributed by atoms with van der Waals surface area (Å²) in [5, 5.41) is 47.3. The number of benzene rings is 1. The molecule has 2 unspecified atom stereocenters. The Morgan fingerprint density at radius 2 is 1.86 bits per heavy atom. The van der Waals surface area contributed by atoms with Gasteiger partial charge in [-0.3, -0.25) is 0 Å². The Morgan fingerprint density at radius 3 is 2.48 bits per heavy atom. The van der Waals surface area contributed by atoms with Gasteiger partial charge in [0, 0.05) is 5.02 Å². The zero-order valence-corrected chi connectivity index (χ0v) is 11.3. The van der Waals surface area contributed by atoms with Crippen LogP contribution in [0, 0.1) is 0 Å². The minimum Gasteiger partial charge on any atom is -0.479 e. The van der Waals surface area contributed by atoms with Gasteiger partial charge in [0.1, 0.15) is 24.1 Å². The molecule has 2 rings (SSSR count).